The fourth-order valence-corrected chi connectivity index (χ4v) is 5.12. The molecule has 10 nitrogen and oxygen atoms in total. The number of hydrazine groups is 1. The van der Waals surface area contributed by atoms with Gasteiger partial charge in [-0.25, -0.2) is 16.8 Å². The minimum atomic E-state index is -3.49. The third kappa shape index (κ3) is 12.8. The van der Waals surface area contributed by atoms with Crippen LogP contribution in [0, 0.1) is 13.8 Å². The number of aldehydes is 1. The Hall–Kier alpha value is -3.14. The van der Waals surface area contributed by atoms with Crippen LogP contribution in [0.3, 0.4) is 0 Å². The lowest BCUT2D eigenvalue weighted by Gasteiger charge is -2.01. The number of rotatable bonds is 7. The number of sulfone groups is 1. The van der Waals surface area contributed by atoms with Crippen molar-refractivity contribution in [3.05, 3.63) is 117 Å². The first kappa shape index (κ1) is 36.9. The summed E-state index contributed by atoms with van der Waals surface area (Å²) < 4.78 is 48.0. The molecule has 0 aliphatic rings. The molecule has 0 atom stereocenters. The quantitative estimate of drug-likeness (QED) is 0.110. The first-order valence-corrected chi connectivity index (χ1v) is 16.3. The van der Waals surface area contributed by atoms with Crippen LogP contribution >= 0.6 is 31.9 Å². The van der Waals surface area contributed by atoms with Gasteiger partial charge in [0.2, 0.25) is 0 Å². The van der Waals surface area contributed by atoms with Crippen LogP contribution in [0.15, 0.2) is 109 Å². The molecule has 42 heavy (non-hydrogen) atoms. The van der Waals surface area contributed by atoms with Crippen LogP contribution in [0.4, 0.5) is 0 Å². The van der Waals surface area contributed by atoms with Crippen LogP contribution in [0.1, 0.15) is 34.7 Å². The van der Waals surface area contributed by atoms with Gasteiger partial charge in [-0.3, -0.25) is 25.6 Å². The fraction of sp³-hybridized carbons (Fsp3) is 0.143. The number of benzene rings is 2. The van der Waals surface area contributed by atoms with Gasteiger partial charge in [0.05, 0.1) is 15.5 Å². The van der Waals surface area contributed by atoms with E-state index in [1.165, 1.54) is 18.3 Å². The average molecular weight is 742 g/mol. The second-order valence-corrected chi connectivity index (χ2v) is 13.7. The fourth-order valence-electron chi connectivity index (χ4n) is 2.81. The summed E-state index contributed by atoms with van der Waals surface area (Å²) in [7, 11) is -6.88. The molecule has 0 unspecified atom stereocenters. The van der Waals surface area contributed by atoms with Crippen LogP contribution < -0.4 is 10.7 Å². The topological polar surface area (TPSA) is 162 Å². The molecule has 0 saturated carbocycles. The van der Waals surface area contributed by atoms with E-state index in [1.807, 2.05) is 13.8 Å². The van der Waals surface area contributed by atoms with E-state index >= 15 is 0 Å². The molecule has 4 aromatic rings. The Morgan fingerprint density at radius 1 is 0.786 bits per heavy atom. The van der Waals surface area contributed by atoms with Gasteiger partial charge in [-0.2, -0.15) is 4.83 Å². The Morgan fingerprint density at radius 2 is 1.24 bits per heavy atom. The van der Waals surface area contributed by atoms with Crippen molar-refractivity contribution in [3.63, 3.8) is 0 Å². The van der Waals surface area contributed by atoms with Crippen LogP contribution in [0.5, 0.6) is 0 Å². The van der Waals surface area contributed by atoms with Gasteiger partial charge in [-0.05, 0) is 62.4 Å². The van der Waals surface area contributed by atoms with Crippen molar-refractivity contribution in [1.82, 2.24) is 14.8 Å². The molecule has 0 bridgehead atoms. The minimum Gasteiger partial charge on any atom is -0.296 e. The SMILES string of the molecule is C.Cc1ccc(S(=O)(=O)CN=Cc2cc(Br)ccn2)cc1.Cc1ccc(S(=O)(=O)NN)cc1.O=Cc1cc(Br)ccn1. The second kappa shape index (κ2) is 17.7. The molecule has 4 rings (SSSR count). The number of aromatic nitrogens is 2. The molecule has 2 heterocycles. The van der Waals surface area contributed by atoms with Gasteiger partial charge >= 0.3 is 0 Å². The average Bonchev–Trinajstić information content (AvgIpc) is 2.94. The van der Waals surface area contributed by atoms with Gasteiger partial charge in [-0.15, -0.1) is 0 Å². The highest BCUT2D eigenvalue weighted by Crippen LogP contribution is 2.13. The molecule has 224 valence electrons. The van der Waals surface area contributed by atoms with Crippen molar-refractivity contribution in [1.29, 1.82) is 0 Å². The normalized spacial score (nSPS) is 10.9. The van der Waals surface area contributed by atoms with E-state index in [1.54, 1.807) is 77.9 Å². The van der Waals surface area contributed by atoms with Crippen molar-refractivity contribution in [2.45, 2.75) is 31.1 Å². The molecule has 0 saturated heterocycles. The zero-order chi connectivity index (χ0) is 30.5. The molecule has 0 aliphatic heterocycles. The molecule has 2 aromatic carbocycles. The molecule has 0 fully saturated rings. The third-order valence-electron chi connectivity index (χ3n) is 4.94. The molecule has 2 aromatic heterocycles. The number of nitrogens with one attached hydrogen (secondary N) is 1. The number of aliphatic imine (C=N–C) groups is 1. The number of hydrogen-bond acceptors (Lipinski definition) is 9. The maximum absolute atomic E-state index is 12.1. The van der Waals surface area contributed by atoms with Crippen molar-refractivity contribution in [2.75, 3.05) is 5.88 Å². The van der Waals surface area contributed by atoms with Crippen LogP contribution in [0.25, 0.3) is 0 Å². The molecule has 0 spiro atoms. The largest absolute Gasteiger partial charge is 0.296 e. The van der Waals surface area contributed by atoms with Crippen LogP contribution in [0.2, 0.25) is 0 Å². The summed E-state index contributed by atoms with van der Waals surface area (Å²) in [6, 6.07) is 20.2. The lowest BCUT2D eigenvalue weighted by molar-refractivity contribution is 0.111. The number of nitrogens with zero attached hydrogens (tertiary/aromatic N) is 3. The maximum atomic E-state index is 12.1. The first-order valence-electron chi connectivity index (χ1n) is 11.6. The number of aryl methyl sites for hydroxylation is 2. The van der Waals surface area contributed by atoms with Crippen molar-refractivity contribution in [3.8, 4) is 0 Å². The summed E-state index contributed by atoms with van der Waals surface area (Å²) >= 11 is 6.52. The number of carbonyl (C=O) groups excluding carboxylic acids is 1. The van der Waals surface area contributed by atoms with Gasteiger partial charge < -0.3 is 0 Å². The molecule has 0 radical (unpaired) electrons. The van der Waals surface area contributed by atoms with Crippen molar-refractivity contribution in [2.24, 2.45) is 10.8 Å². The minimum absolute atomic E-state index is 0. The maximum Gasteiger partial charge on any atom is 0.253 e. The summed E-state index contributed by atoms with van der Waals surface area (Å²) in [6.07, 6.45) is 5.37. The Balaban J connectivity index is 0.000000342. The van der Waals surface area contributed by atoms with E-state index < -0.39 is 19.9 Å². The molecular weight excluding hydrogens is 710 g/mol. The Labute approximate surface area is 263 Å². The molecule has 3 N–H and O–H groups in total. The first-order chi connectivity index (χ1) is 19.4. The predicted octanol–water partition coefficient (Wildman–Crippen LogP) is 5.44. The van der Waals surface area contributed by atoms with E-state index in [0.717, 1.165) is 20.1 Å². The van der Waals surface area contributed by atoms with Gasteiger partial charge in [-0.1, -0.05) is 74.7 Å². The second-order valence-electron chi connectivity index (χ2n) is 8.22. The van der Waals surface area contributed by atoms with E-state index in [0.29, 0.717) is 17.7 Å². The Morgan fingerprint density at radius 3 is 1.67 bits per heavy atom. The van der Waals surface area contributed by atoms with Gasteiger partial charge in [0.25, 0.3) is 10.0 Å². The Bertz CT molecular complexity index is 1680. The highest BCUT2D eigenvalue weighted by Gasteiger charge is 2.12. The van der Waals surface area contributed by atoms with Gasteiger partial charge in [0.1, 0.15) is 11.6 Å². The van der Waals surface area contributed by atoms with Gasteiger partial charge in [0.15, 0.2) is 16.1 Å². The highest BCUT2D eigenvalue weighted by atomic mass is 79.9. The number of hydrogen-bond donors (Lipinski definition) is 2. The lowest BCUT2D eigenvalue weighted by Crippen LogP contribution is -2.30. The van der Waals surface area contributed by atoms with E-state index in [-0.39, 0.29) is 23.1 Å². The lowest BCUT2D eigenvalue weighted by atomic mass is 10.2. The summed E-state index contributed by atoms with van der Waals surface area (Å²) in [6.45, 7) is 3.79. The summed E-state index contributed by atoms with van der Waals surface area (Å²) in [5.41, 5.74) is 3.08. The predicted molar refractivity (Wildman–Crippen MR) is 173 cm³/mol. The van der Waals surface area contributed by atoms with Crippen LogP contribution in [-0.2, 0) is 19.9 Å². The van der Waals surface area contributed by atoms with E-state index in [2.05, 4.69) is 46.8 Å². The standard InChI is InChI=1S/C14H13BrN2O2S.C7H10N2O2S.C6H4BrNO.CH4/c1-11-2-4-14(5-3-11)20(18,19)10-16-9-13-8-12(15)6-7-17-13;1-6-2-4-7(5-3-6)12(10,11)9-8;7-5-1-2-8-6(3-5)4-9;/h2-9H,10H2,1H3;2-5,9H,8H2,1H3;1-4H;1H4. The summed E-state index contributed by atoms with van der Waals surface area (Å²) in [5.74, 6) is 4.55. The molecule has 0 amide bonds. The monoisotopic (exact) mass is 739 g/mol. The molecule has 0 aliphatic carbocycles. The summed E-state index contributed by atoms with van der Waals surface area (Å²) in [4.78, 5) is 24.1. The Kier molecular flexibility index (Phi) is 15.6. The third-order valence-corrected chi connectivity index (χ3v) is 8.61. The number of nitrogens with two attached hydrogens (primary N) is 1. The zero-order valence-electron chi connectivity index (χ0n) is 22.0. The van der Waals surface area contributed by atoms with E-state index in [4.69, 9.17) is 5.84 Å². The zero-order valence-corrected chi connectivity index (χ0v) is 26.8. The number of pyridine rings is 2. The molecule has 14 heteroatoms. The highest BCUT2D eigenvalue weighted by molar-refractivity contribution is 9.10. The number of halogens is 2. The van der Waals surface area contributed by atoms with Crippen LogP contribution in [-0.4, -0.2) is 45.2 Å². The molecular formula is C28H31Br2N5O5S2. The number of sulfonamides is 1. The summed E-state index contributed by atoms with van der Waals surface area (Å²) in [5, 5.41) is 0. The van der Waals surface area contributed by atoms with E-state index in [9.17, 15) is 21.6 Å². The van der Waals surface area contributed by atoms with Crippen molar-refractivity contribution >= 4 is 64.2 Å². The van der Waals surface area contributed by atoms with Gasteiger partial charge in [0, 0.05) is 27.6 Å². The number of carbonyl (C=O) groups is 1. The van der Waals surface area contributed by atoms with Crippen molar-refractivity contribution < 1.29 is 21.6 Å². The smallest absolute Gasteiger partial charge is 0.253 e.